The van der Waals surface area contributed by atoms with E-state index in [2.05, 4.69) is 10.1 Å². The van der Waals surface area contributed by atoms with E-state index in [-0.39, 0.29) is 22.7 Å². The first-order valence-corrected chi connectivity index (χ1v) is 6.65. The van der Waals surface area contributed by atoms with Crippen LogP contribution in [0.5, 0.6) is 0 Å². The van der Waals surface area contributed by atoms with Crippen LogP contribution in [-0.2, 0) is 9.53 Å². The zero-order valence-corrected chi connectivity index (χ0v) is 12.7. The minimum Gasteiger partial charge on any atom is -0.465 e. The summed E-state index contributed by atoms with van der Waals surface area (Å²) in [6.45, 7) is 3.41. The van der Waals surface area contributed by atoms with E-state index in [0.717, 1.165) is 0 Å². The van der Waals surface area contributed by atoms with Crippen LogP contribution in [0.1, 0.15) is 34.8 Å². The third kappa shape index (κ3) is 4.69. The fraction of sp³-hybridized carbons (Fsp3) is 0.333. The van der Waals surface area contributed by atoms with Gasteiger partial charge in [0.2, 0.25) is 5.91 Å². The van der Waals surface area contributed by atoms with E-state index in [1.165, 1.54) is 27.0 Å². The van der Waals surface area contributed by atoms with Gasteiger partial charge in [0.15, 0.2) is 0 Å². The molecule has 0 saturated carbocycles. The maximum absolute atomic E-state index is 11.7. The van der Waals surface area contributed by atoms with Crippen LogP contribution in [0.4, 0.5) is 5.69 Å². The number of nitro benzene ring substituents is 1. The second-order valence-electron chi connectivity index (χ2n) is 4.64. The molecule has 0 unspecified atom stereocenters. The Labute approximate surface area is 128 Å². The first kappa shape index (κ1) is 17.4. The van der Waals surface area contributed by atoms with Gasteiger partial charge in [0.05, 0.1) is 17.6 Å². The molecule has 0 heterocycles. The lowest BCUT2D eigenvalue weighted by molar-refractivity contribution is -0.385. The number of carbonyl (C=O) groups is 2. The van der Waals surface area contributed by atoms with Gasteiger partial charge in [-0.1, -0.05) is 12.2 Å². The standard InChI is InChI=1S/C15H18N2O5/c1-10-13(15(19)22-3)8-12(9-14(10)17(20)21)6-4-5-7-16-11(2)18/h4,6,8-9H,5,7H2,1-3H3,(H,16,18). The molecule has 118 valence electrons. The van der Waals surface area contributed by atoms with E-state index in [0.29, 0.717) is 18.5 Å². The molecule has 0 bridgehead atoms. The molecule has 7 heteroatoms. The Kier molecular flexibility index (Phi) is 6.25. The van der Waals surface area contributed by atoms with Gasteiger partial charge in [-0.15, -0.1) is 0 Å². The highest BCUT2D eigenvalue weighted by molar-refractivity contribution is 5.93. The summed E-state index contributed by atoms with van der Waals surface area (Å²) in [7, 11) is 1.23. The van der Waals surface area contributed by atoms with Crippen molar-refractivity contribution in [3.8, 4) is 0 Å². The predicted octanol–water partition coefficient (Wildman–Crippen LogP) is 2.23. The minimum absolute atomic E-state index is 0.118. The van der Waals surface area contributed by atoms with Crippen molar-refractivity contribution in [2.24, 2.45) is 0 Å². The van der Waals surface area contributed by atoms with Crippen molar-refractivity contribution in [1.29, 1.82) is 0 Å². The maximum Gasteiger partial charge on any atom is 0.338 e. The summed E-state index contributed by atoms with van der Waals surface area (Å²) < 4.78 is 4.64. The average Bonchev–Trinajstić information content (AvgIpc) is 2.46. The monoisotopic (exact) mass is 306 g/mol. The molecule has 0 aromatic heterocycles. The van der Waals surface area contributed by atoms with Gasteiger partial charge in [0.25, 0.3) is 5.69 Å². The summed E-state index contributed by atoms with van der Waals surface area (Å²) in [5.74, 6) is -0.735. The summed E-state index contributed by atoms with van der Waals surface area (Å²) in [5, 5.41) is 13.7. The SMILES string of the molecule is COC(=O)c1cc(C=CCCNC(C)=O)cc([N+](=O)[O-])c1C. The maximum atomic E-state index is 11.7. The van der Waals surface area contributed by atoms with Gasteiger partial charge in [0.1, 0.15) is 0 Å². The summed E-state index contributed by atoms with van der Waals surface area (Å²) in [4.78, 5) is 33.0. The Morgan fingerprint density at radius 3 is 2.64 bits per heavy atom. The third-order valence-corrected chi connectivity index (χ3v) is 3.00. The average molecular weight is 306 g/mol. The molecule has 0 aliphatic rings. The van der Waals surface area contributed by atoms with Crippen LogP contribution in [0.15, 0.2) is 18.2 Å². The Morgan fingerprint density at radius 2 is 2.09 bits per heavy atom. The third-order valence-electron chi connectivity index (χ3n) is 3.00. The molecular formula is C15H18N2O5. The van der Waals surface area contributed by atoms with E-state index in [4.69, 9.17) is 0 Å². The molecule has 0 atom stereocenters. The number of hydrogen-bond donors (Lipinski definition) is 1. The number of nitro groups is 1. The summed E-state index contributed by atoms with van der Waals surface area (Å²) in [6.07, 6.45) is 4.01. The Balaban J connectivity index is 3.02. The molecule has 1 aromatic rings. The van der Waals surface area contributed by atoms with Crippen LogP contribution < -0.4 is 5.32 Å². The normalized spacial score (nSPS) is 10.5. The van der Waals surface area contributed by atoms with Gasteiger partial charge in [0, 0.05) is 25.1 Å². The lowest BCUT2D eigenvalue weighted by Gasteiger charge is -2.06. The van der Waals surface area contributed by atoms with Crippen LogP contribution in [0.2, 0.25) is 0 Å². The van der Waals surface area contributed by atoms with Crippen molar-refractivity contribution in [2.45, 2.75) is 20.3 Å². The van der Waals surface area contributed by atoms with E-state index in [1.807, 2.05) is 0 Å². The van der Waals surface area contributed by atoms with Crippen molar-refractivity contribution in [1.82, 2.24) is 5.32 Å². The van der Waals surface area contributed by atoms with Gasteiger partial charge in [-0.3, -0.25) is 14.9 Å². The molecule has 1 rings (SSSR count). The van der Waals surface area contributed by atoms with Crippen molar-refractivity contribution in [3.05, 3.63) is 45.0 Å². The number of nitrogens with one attached hydrogen (secondary N) is 1. The minimum atomic E-state index is -0.617. The summed E-state index contributed by atoms with van der Waals surface area (Å²) in [6, 6.07) is 2.94. The predicted molar refractivity (Wildman–Crippen MR) is 81.5 cm³/mol. The number of esters is 1. The first-order valence-electron chi connectivity index (χ1n) is 6.65. The lowest BCUT2D eigenvalue weighted by atomic mass is 10.0. The van der Waals surface area contributed by atoms with Crippen molar-refractivity contribution < 1.29 is 19.2 Å². The highest BCUT2D eigenvalue weighted by Gasteiger charge is 2.20. The first-order chi connectivity index (χ1) is 10.4. The van der Waals surface area contributed by atoms with Gasteiger partial charge in [-0.05, 0) is 25.0 Å². The van der Waals surface area contributed by atoms with Crippen molar-refractivity contribution in [2.75, 3.05) is 13.7 Å². The second kappa shape index (κ2) is 7.92. The molecule has 1 amide bonds. The van der Waals surface area contributed by atoms with Crippen LogP contribution in [0.3, 0.4) is 0 Å². The number of amides is 1. The zero-order chi connectivity index (χ0) is 16.7. The van der Waals surface area contributed by atoms with Crippen LogP contribution in [0.25, 0.3) is 6.08 Å². The number of ether oxygens (including phenoxy) is 1. The number of carbonyl (C=O) groups excluding carboxylic acids is 2. The Hall–Kier alpha value is -2.70. The van der Waals surface area contributed by atoms with E-state index < -0.39 is 10.9 Å². The molecule has 0 spiro atoms. The van der Waals surface area contributed by atoms with Crippen LogP contribution >= 0.6 is 0 Å². The van der Waals surface area contributed by atoms with Crippen molar-refractivity contribution in [3.63, 3.8) is 0 Å². The molecule has 0 radical (unpaired) electrons. The topological polar surface area (TPSA) is 98.5 Å². The fourth-order valence-corrected chi connectivity index (χ4v) is 1.88. The van der Waals surface area contributed by atoms with Gasteiger partial charge in [-0.2, -0.15) is 0 Å². The molecular weight excluding hydrogens is 288 g/mol. The van der Waals surface area contributed by atoms with Gasteiger partial charge in [-0.25, -0.2) is 4.79 Å². The summed E-state index contributed by atoms with van der Waals surface area (Å²) in [5.41, 5.74) is 0.829. The quantitative estimate of drug-likeness (QED) is 0.376. The van der Waals surface area contributed by atoms with Gasteiger partial charge < -0.3 is 10.1 Å². The largest absolute Gasteiger partial charge is 0.465 e. The molecule has 22 heavy (non-hydrogen) atoms. The number of hydrogen-bond acceptors (Lipinski definition) is 5. The van der Waals surface area contributed by atoms with E-state index >= 15 is 0 Å². The molecule has 0 fully saturated rings. The van der Waals surface area contributed by atoms with E-state index in [9.17, 15) is 19.7 Å². The van der Waals surface area contributed by atoms with E-state index in [1.54, 1.807) is 18.2 Å². The Morgan fingerprint density at radius 1 is 1.41 bits per heavy atom. The number of nitrogens with zero attached hydrogens (tertiary/aromatic N) is 1. The highest BCUT2D eigenvalue weighted by Crippen LogP contribution is 2.25. The number of benzene rings is 1. The fourth-order valence-electron chi connectivity index (χ4n) is 1.88. The molecule has 0 aliphatic heterocycles. The highest BCUT2D eigenvalue weighted by atomic mass is 16.6. The molecule has 0 saturated heterocycles. The number of rotatable bonds is 6. The van der Waals surface area contributed by atoms with Gasteiger partial charge >= 0.3 is 5.97 Å². The molecule has 1 aromatic carbocycles. The molecule has 1 N–H and O–H groups in total. The van der Waals surface area contributed by atoms with Crippen LogP contribution in [-0.4, -0.2) is 30.5 Å². The second-order valence-corrected chi connectivity index (χ2v) is 4.64. The number of methoxy groups -OCH3 is 1. The summed E-state index contributed by atoms with van der Waals surface area (Å²) >= 11 is 0. The Bertz CT molecular complexity index is 623. The smallest absolute Gasteiger partial charge is 0.338 e. The zero-order valence-electron chi connectivity index (χ0n) is 12.7. The van der Waals surface area contributed by atoms with Crippen LogP contribution in [0, 0.1) is 17.0 Å². The lowest BCUT2D eigenvalue weighted by Crippen LogP contribution is -2.20. The molecule has 7 nitrogen and oxygen atoms in total. The van der Waals surface area contributed by atoms with Crippen molar-refractivity contribution >= 4 is 23.6 Å². The molecule has 0 aliphatic carbocycles.